The lowest BCUT2D eigenvalue weighted by atomic mass is 9.84. The van der Waals surface area contributed by atoms with E-state index in [0.29, 0.717) is 17.1 Å². The summed E-state index contributed by atoms with van der Waals surface area (Å²) in [6, 6.07) is 5.95. The van der Waals surface area contributed by atoms with Crippen molar-refractivity contribution in [2.45, 2.75) is 103 Å². The van der Waals surface area contributed by atoms with Crippen LogP contribution in [-0.2, 0) is 4.74 Å². The number of carbonyl (C=O) groups excluding carboxylic acids is 2. The Morgan fingerprint density at radius 1 is 1.07 bits per heavy atom. The van der Waals surface area contributed by atoms with Gasteiger partial charge in [0.1, 0.15) is 11.4 Å². The molecule has 3 heterocycles. The summed E-state index contributed by atoms with van der Waals surface area (Å²) in [5, 5.41) is 3.03. The summed E-state index contributed by atoms with van der Waals surface area (Å²) in [6.07, 6.45) is 9.93. The molecule has 0 bridgehead atoms. The van der Waals surface area contributed by atoms with Crippen molar-refractivity contribution < 1.29 is 18.7 Å². The molecular weight excluding hydrogens is 587 g/mol. The predicted molar refractivity (Wildman–Crippen MR) is 177 cm³/mol. The molecule has 2 fully saturated rings. The van der Waals surface area contributed by atoms with Gasteiger partial charge in [-0.15, -0.1) is 0 Å². The second-order valence-electron chi connectivity index (χ2n) is 14.2. The summed E-state index contributed by atoms with van der Waals surface area (Å²) in [7, 11) is 1.68. The molecule has 250 valence electrons. The number of ether oxygens (including phenoxy) is 1. The summed E-state index contributed by atoms with van der Waals surface area (Å²) in [5.41, 5.74) is 1.12. The molecule has 5 rings (SSSR count). The molecule has 1 aliphatic heterocycles. The van der Waals surface area contributed by atoms with Crippen LogP contribution in [-0.4, -0.2) is 80.3 Å². The number of pyridine rings is 1. The maximum atomic E-state index is 14.4. The van der Waals surface area contributed by atoms with E-state index in [4.69, 9.17) is 4.74 Å². The van der Waals surface area contributed by atoms with Gasteiger partial charge in [-0.3, -0.25) is 18.9 Å². The zero-order valence-corrected chi connectivity index (χ0v) is 28.1. The highest BCUT2D eigenvalue weighted by atomic mass is 19.1. The fourth-order valence-corrected chi connectivity index (χ4v) is 6.79. The van der Waals surface area contributed by atoms with Crippen molar-refractivity contribution in [3.63, 3.8) is 0 Å². The number of alkyl carbamates (subject to hydrolysis) is 1. The van der Waals surface area contributed by atoms with Crippen molar-refractivity contribution in [2.24, 2.45) is 5.92 Å². The van der Waals surface area contributed by atoms with Crippen LogP contribution in [0.5, 0.6) is 0 Å². The molecule has 0 spiro atoms. The van der Waals surface area contributed by atoms with Crippen LogP contribution in [0.4, 0.5) is 9.18 Å². The van der Waals surface area contributed by atoms with Gasteiger partial charge in [-0.2, -0.15) is 0 Å². The SMILES string of the molecule is CC(C)N(C)C(=O)c1cc(F)ccc1-n1c(=O)n(C2CCN(CCC3CCC(NC(=O)OC(C)(C)C)CC3)CC2)c2ccncc21. The molecule has 1 aromatic carbocycles. The minimum absolute atomic E-state index is 0.00204. The van der Waals surface area contributed by atoms with Crippen molar-refractivity contribution in [3.05, 3.63) is 58.5 Å². The molecule has 1 aliphatic carbocycles. The van der Waals surface area contributed by atoms with Gasteiger partial charge in [-0.1, -0.05) is 0 Å². The molecule has 1 saturated carbocycles. The van der Waals surface area contributed by atoms with Crippen LogP contribution in [0.3, 0.4) is 0 Å². The molecule has 2 aromatic heterocycles. The van der Waals surface area contributed by atoms with E-state index in [2.05, 4.69) is 15.2 Å². The number of carbonyl (C=O) groups is 2. The van der Waals surface area contributed by atoms with Crippen LogP contribution in [0, 0.1) is 11.7 Å². The maximum Gasteiger partial charge on any atom is 0.407 e. The molecule has 1 saturated heterocycles. The van der Waals surface area contributed by atoms with Crippen LogP contribution in [0.1, 0.15) is 96.0 Å². The lowest BCUT2D eigenvalue weighted by molar-refractivity contribution is 0.0485. The number of hydrogen-bond acceptors (Lipinski definition) is 6. The van der Waals surface area contributed by atoms with Gasteiger partial charge in [0.15, 0.2) is 0 Å². The number of fused-ring (bicyclic) bond motifs is 1. The Morgan fingerprint density at radius 2 is 1.76 bits per heavy atom. The number of halogens is 1. The smallest absolute Gasteiger partial charge is 0.407 e. The van der Waals surface area contributed by atoms with Gasteiger partial charge in [-0.25, -0.2) is 14.0 Å². The largest absolute Gasteiger partial charge is 0.444 e. The molecule has 3 aromatic rings. The van der Waals surface area contributed by atoms with Gasteiger partial charge in [-0.05, 0) is 116 Å². The highest BCUT2D eigenvalue weighted by Crippen LogP contribution is 2.31. The molecule has 2 aliphatic rings. The zero-order valence-electron chi connectivity index (χ0n) is 28.1. The quantitative estimate of drug-likeness (QED) is 0.330. The monoisotopic (exact) mass is 636 g/mol. The molecule has 2 amide bonds. The second kappa shape index (κ2) is 13.9. The molecule has 46 heavy (non-hydrogen) atoms. The average Bonchev–Trinajstić information content (AvgIpc) is 3.30. The van der Waals surface area contributed by atoms with Gasteiger partial charge in [0.2, 0.25) is 0 Å². The van der Waals surface area contributed by atoms with Crippen molar-refractivity contribution in [1.82, 2.24) is 29.2 Å². The first-order chi connectivity index (χ1) is 21.8. The van der Waals surface area contributed by atoms with Crippen LogP contribution in [0.2, 0.25) is 0 Å². The molecule has 1 N–H and O–H groups in total. The van der Waals surface area contributed by atoms with E-state index < -0.39 is 11.4 Å². The molecule has 0 unspecified atom stereocenters. The number of piperidine rings is 1. The lowest BCUT2D eigenvalue weighted by Crippen LogP contribution is -2.41. The number of amides is 2. The van der Waals surface area contributed by atoms with Crippen molar-refractivity contribution in [2.75, 3.05) is 26.7 Å². The third kappa shape index (κ3) is 7.62. The number of likely N-dealkylation sites (tertiary alicyclic amines) is 1. The topological polar surface area (TPSA) is 102 Å². The fourth-order valence-electron chi connectivity index (χ4n) is 6.79. The normalized spacial score (nSPS) is 19.8. The Balaban J connectivity index is 1.24. The highest BCUT2D eigenvalue weighted by molar-refractivity contribution is 5.98. The van der Waals surface area contributed by atoms with E-state index in [0.717, 1.165) is 70.1 Å². The first-order valence-electron chi connectivity index (χ1n) is 16.7. The Labute approximate surface area is 270 Å². The van der Waals surface area contributed by atoms with Crippen LogP contribution in [0.25, 0.3) is 16.7 Å². The van der Waals surface area contributed by atoms with Crippen LogP contribution < -0.4 is 11.0 Å². The van der Waals surface area contributed by atoms with Crippen molar-refractivity contribution >= 4 is 23.0 Å². The van der Waals surface area contributed by atoms with E-state index in [1.165, 1.54) is 22.8 Å². The standard InChI is InChI=1S/C35H49FN6O4/c1-23(2)39(6)32(43)28-21-25(36)9-12-29(28)42-31-22-37-17-13-30(31)41(34(42)45)27-15-19-40(20-16-27)18-14-24-7-10-26(11-8-24)38-33(44)46-35(3,4)5/h9,12-13,17,21-24,26-27H,7-8,10-11,14-16,18-20H2,1-6H3,(H,38,44). The summed E-state index contributed by atoms with van der Waals surface area (Å²) in [6.45, 7) is 12.2. The first-order valence-corrected chi connectivity index (χ1v) is 16.7. The summed E-state index contributed by atoms with van der Waals surface area (Å²) in [5.74, 6) is -0.232. The third-order valence-electron chi connectivity index (χ3n) is 9.54. The van der Waals surface area contributed by atoms with Crippen LogP contribution >= 0.6 is 0 Å². The number of rotatable bonds is 8. The number of nitrogens with one attached hydrogen (secondary N) is 1. The number of aromatic nitrogens is 3. The number of benzene rings is 1. The fraction of sp³-hybridized carbons (Fsp3) is 0.600. The molecule has 0 radical (unpaired) electrons. The Hall–Kier alpha value is -3.73. The van der Waals surface area contributed by atoms with Gasteiger partial charge in [0.05, 0.1) is 28.5 Å². The molecular formula is C35H49FN6O4. The number of nitrogens with zero attached hydrogens (tertiary/aromatic N) is 5. The summed E-state index contributed by atoms with van der Waals surface area (Å²) < 4.78 is 23.2. The van der Waals surface area contributed by atoms with E-state index in [9.17, 15) is 18.8 Å². The first kappa shape index (κ1) is 33.6. The van der Waals surface area contributed by atoms with E-state index in [-0.39, 0.29) is 41.4 Å². The summed E-state index contributed by atoms with van der Waals surface area (Å²) in [4.78, 5) is 48.0. The maximum absolute atomic E-state index is 14.4. The second-order valence-corrected chi connectivity index (χ2v) is 14.2. The minimum Gasteiger partial charge on any atom is -0.444 e. The average molecular weight is 637 g/mol. The zero-order chi connectivity index (χ0) is 33.2. The highest BCUT2D eigenvalue weighted by Gasteiger charge is 2.29. The van der Waals surface area contributed by atoms with Crippen molar-refractivity contribution in [3.8, 4) is 5.69 Å². The molecule has 0 atom stereocenters. The predicted octanol–water partition coefficient (Wildman–Crippen LogP) is 5.92. The third-order valence-corrected chi connectivity index (χ3v) is 9.54. The molecule has 10 nitrogen and oxygen atoms in total. The van der Waals surface area contributed by atoms with Gasteiger partial charge in [0, 0.05) is 44.5 Å². The van der Waals surface area contributed by atoms with Gasteiger partial charge < -0.3 is 19.9 Å². The van der Waals surface area contributed by atoms with E-state index >= 15 is 0 Å². The lowest BCUT2D eigenvalue weighted by Gasteiger charge is -2.35. The number of hydrogen-bond donors (Lipinski definition) is 1. The Kier molecular flexibility index (Phi) is 10.2. The number of imidazole rings is 1. The summed E-state index contributed by atoms with van der Waals surface area (Å²) >= 11 is 0. The van der Waals surface area contributed by atoms with E-state index in [1.54, 1.807) is 24.3 Å². The van der Waals surface area contributed by atoms with Gasteiger partial charge >= 0.3 is 11.8 Å². The Bertz CT molecular complexity index is 1590. The molecule has 11 heteroatoms. The Morgan fingerprint density at radius 3 is 2.41 bits per heavy atom. The van der Waals surface area contributed by atoms with Crippen molar-refractivity contribution in [1.29, 1.82) is 0 Å². The van der Waals surface area contributed by atoms with Gasteiger partial charge in [0.25, 0.3) is 5.91 Å². The van der Waals surface area contributed by atoms with Crippen LogP contribution in [0.15, 0.2) is 41.5 Å². The minimum atomic E-state index is -0.531. The van der Waals surface area contributed by atoms with E-state index in [1.807, 2.05) is 45.3 Å².